The fraction of sp³-hybridized carbons (Fsp3) is 0.190. The predicted octanol–water partition coefficient (Wildman–Crippen LogP) is 4.84. The van der Waals surface area contributed by atoms with Gasteiger partial charge in [0, 0.05) is 29.7 Å². The zero-order valence-corrected chi connectivity index (χ0v) is 15.2. The largest absolute Gasteiger partial charge is 0.493 e. The Balaban J connectivity index is 1.60. The van der Waals surface area contributed by atoms with Crippen LogP contribution in [0.4, 0.5) is 18.9 Å². The van der Waals surface area contributed by atoms with Crippen LogP contribution in [0.15, 0.2) is 54.9 Å². The van der Waals surface area contributed by atoms with E-state index in [2.05, 4.69) is 15.3 Å². The summed E-state index contributed by atoms with van der Waals surface area (Å²) in [7, 11) is 0. The van der Waals surface area contributed by atoms with Gasteiger partial charge in [0.15, 0.2) is 0 Å². The van der Waals surface area contributed by atoms with Crippen molar-refractivity contribution in [2.45, 2.75) is 19.0 Å². The molecule has 0 aliphatic carbocycles. The van der Waals surface area contributed by atoms with E-state index in [1.807, 2.05) is 0 Å². The van der Waals surface area contributed by atoms with Crippen molar-refractivity contribution in [2.75, 3.05) is 11.9 Å². The number of hydrogen-bond donors (Lipinski definition) is 1. The average molecular weight is 399 g/mol. The van der Waals surface area contributed by atoms with E-state index in [1.165, 1.54) is 12.1 Å². The van der Waals surface area contributed by atoms with Crippen molar-refractivity contribution in [2.24, 2.45) is 0 Å². The molecule has 8 heteroatoms. The Kier molecular flexibility index (Phi) is 4.92. The molecule has 0 spiro atoms. The fourth-order valence-corrected chi connectivity index (χ4v) is 3.19. The minimum absolute atomic E-state index is 0.136. The van der Waals surface area contributed by atoms with Crippen LogP contribution in [0.25, 0.3) is 16.6 Å². The molecule has 0 fully saturated rings. The molecular formula is C21H16F3N3O2. The number of anilines is 1. The van der Waals surface area contributed by atoms with E-state index >= 15 is 0 Å². The summed E-state index contributed by atoms with van der Waals surface area (Å²) >= 11 is 0. The van der Waals surface area contributed by atoms with Gasteiger partial charge in [0.25, 0.3) is 0 Å². The first-order valence-electron chi connectivity index (χ1n) is 8.97. The van der Waals surface area contributed by atoms with Gasteiger partial charge in [-0.15, -0.1) is 0 Å². The lowest BCUT2D eigenvalue weighted by molar-refractivity contribution is -0.137. The molecule has 0 saturated carbocycles. The zero-order valence-electron chi connectivity index (χ0n) is 15.2. The Hall–Kier alpha value is -3.42. The van der Waals surface area contributed by atoms with E-state index in [0.717, 1.165) is 12.1 Å². The maximum Gasteiger partial charge on any atom is 0.416 e. The topological polar surface area (TPSA) is 64.1 Å². The summed E-state index contributed by atoms with van der Waals surface area (Å²) in [6, 6.07) is 8.51. The van der Waals surface area contributed by atoms with Gasteiger partial charge in [-0.3, -0.25) is 14.8 Å². The lowest BCUT2D eigenvalue weighted by Crippen LogP contribution is -2.09. The number of amides is 1. The molecule has 5 nitrogen and oxygen atoms in total. The first-order valence-corrected chi connectivity index (χ1v) is 8.97. The summed E-state index contributed by atoms with van der Waals surface area (Å²) in [6.45, 7) is 0.288. The van der Waals surface area contributed by atoms with Gasteiger partial charge < -0.3 is 10.1 Å². The summed E-state index contributed by atoms with van der Waals surface area (Å²) < 4.78 is 44.4. The van der Waals surface area contributed by atoms with Crippen LogP contribution in [0.5, 0.6) is 5.75 Å². The zero-order chi connectivity index (χ0) is 20.4. The predicted molar refractivity (Wildman–Crippen MR) is 102 cm³/mol. The molecule has 148 valence electrons. The van der Waals surface area contributed by atoms with Gasteiger partial charge in [-0.25, -0.2) is 0 Å². The average Bonchev–Trinajstić information content (AvgIpc) is 2.89. The molecule has 0 radical (unpaired) electrons. The summed E-state index contributed by atoms with van der Waals surface area (Å²) in [5.74, 6) is -0.242. The van der Waals surface area contributed by atoms with E-state index in [0.29, 0.717) is 40.7 Å². The number of carbonyl (C=O) groups is 1. The number of halogens is 3. The Bertz CT molecular complexity index is 1110. The van der Waals surface area contributed by atoms with Crippen molar-refractivity contribution in [3.05, 3.63) is 66.0 Å². The second-order valence-electron chi connectivity index (χ2n) is 6.58. The van der Waals surface area contributed by atoms with Crippen molar-refractivity contribution in [1.82, 2.24) is 9.97 Å². The molecule has 1 N–H and O–H groups in total. The molecule has 1 aromatic heterocycles. The number of allylic oxidation sites excluding steroid dienone is 1. The van der Waals surface area contributed by atoms with Crippen LogP contribution in [0, 0.1) is 0 Å². The maximum absolute atomic E-state index is 13.0. The van der Waals surface area contributed by atoms with E-state index in [-0.39, 0.29) is 18.3 Å². The van der Waals surface area contributed by atoms with Crippen LogP contribution in [0.3, 0.4) is 0 Å². The molecule has 0 atom stereocenters. The first kappa shape index (κ1) is 18.9. The SMILES string of the molecule is O=C(C=C1CCCOc2cc(C(F)(F)F)ccc21)Nc1ccc2nccnc2c1. The lowest BCUT2D eigenvalue weighted by atomic mass is 9.99. The molecule has 2 heterocycles. The Morgan fingerprint density at radius 1 is 1.07 bits per heavy atom. The number of carbonyl (C=O) groups excluding carboxylic acids is 1. The number of aromatic nitrogens is 2. The molecule has 1 amide bonds. The van der Waals surface area contributed by atoms with Gasteiger partial charge in [-0.2, -0.15) is 13.2 Å². The normalized spacial score (nSPS) is 15.5. The highest BCUT2D eigenvalue weighted by Gasteiger charge is 2.32. The minimum atomic E-state index is -4.45. The lowest BCUT2D eigenvalue weighted by Gasteiger charge is -2.13. The Morgan fingerprint density at radius 3 is 2.66 bits per heavy atom. The summed E-state index contributed by atoms with van der Waals surface area (Å²) in [5.41, 5.74) is 2.25. The standard InChI is InChI=1S/C21H16F3N3O2/c22-21(23,24)14-3-5-16-13(2-1-9-29-19(16)11-14)10-20(28)27-15-4-6-17-18(12-15)26-8-7-25-17/h3-8,10-12H,1-2,9H2,(H,27,28). The van der Waals surface area contributed by atoms with Crippen LogP contribution in [-0.4, -0.2) is 22.5 Å². The maximum atomic E-state index is 13.0. The van der Waals surface area contributed by atoms with Crippen LogP contribution in [0.1, 0.15) is 24.0 Å². The highest BCUT2D eigenvalue weighted by atomic mass is 19.4. The van der Waals surface area contributed by atoms with Crippen LogP contribution >= 0.6 is 0 Å². The first-order chi connectivity index (χ1) is 13.9. The second kappa shape index (κ2) is 7.54. The molecule has 0 saturated heterocycles. The van der Waals surface area contributed by atoms with Gasteiger partial charge in [-0.1, -0.05) is 6.07 Å². The Labute approximate surface area is 164 Å². The number of nitrogens with one attached hydrogen (secondary N) is 1. The third-order valence-corrected chi connectivity index (χ3v) is 4.55. The van der Waals surface area contributed by atoms with Crippen molar-refractivity contribution in [3.8, 4) is 5.75 Å². The van der Waals surface area contributed by atoms with E-state index in [1.54, 1.807) is 30.6 Å². The summed E-state index contributed by atoms with van der Waals surface area (Å²) in [6.07, 6.45) is 1.22. The van der Waals surface area contributed by atoms with E-state index < -0.39 is 11.7 Å². The molecule has 1 aliphatic rings. The van der Waals surface area contributed by atoms with Gasteiger partial charge in [-0.05, 0) is 48.7 Å². The summed E-state index contributed by atoms with van der Waals surface area (Å²) in [5, 5.41) is 2.76. The second-order valence-corrected chi connectivity index (χ2v) is 6.58. The highest BCUT2D eigenvalue weighted by Crippen LogP contribution is 2.38. The molecule has 3 aromatic rings. The number of fused-ring (bicyclic) bond motifs is 2. The van der Waals surface area contributed by atoms with Gasteiger partial charge >= 0.3 is 6.18 Å². The molecule has 2 aromatic carbocycles. The van der Waals surface area contributed by atoms with Gasteiger partial charge in [0.2, 0.25) is 5.91 Å². The van der Waals surface area contributed by atoms with Crippen molar-refractivity contribution in [1.29, 1.82) is 0 Å². The fourth-order valence-electron chi connectivity index (χ4n) is 3.19. The Morgan fingerprint density at radius 2 is 1.86 bits per heavy atom. The quantitative estimate of drug-likeness (QED) is 0.626. The van der Waals surface area contributed by atoms with Crippen molar-refractivity contribution >= 4 is 28.2 Å². The number of alkyl halides is 3. The number of ether oxygens (including phenoxy) is 1. The monoisotopic (exact) mass is 399 g/mol. The molecule has 0 bridgehead atoms. The molecule has 4 rings (SSSR count). The van der Waals surface area contributed by atoms with Gasteiger partial charge in [0.05, 0.1) is 23.2 Å². The van der Waals surface area contributed by atoms with Crippen LogP contribution in [-0.2, 0) is 11.0 Å². The number of nitrogens with zero attached hydrogens (tertiary/aromatic N) is 2. The molecular weight excluding hydrogens is 383 g/mol. The third-order valence-electron chi connectivity index (χ3n) is 4.55. The van der Waals surface area contributed by atoms with Crippen molar-refractivity contribution in [3.63, 3.8) is 0 Å². The summed E-state index contributed by atoms with van der Waals surface area (Å²) in [4.78, 5) is 20.9. The minimum Gasteiger partial charge on any atom is -0.493 e. The van der Waals surface area contributed by atoms with Crippen LogP contribution in [0.2, 0.25) is 0 Å². The number of benzene rings is 2. The van der Waals surface area contributed by atoms with Gasteiger partial charge in [0.1, 0.15) is 5.75 Å². The third kappa shape index (κ3) is 4.21. The molecule has 29 heavy (non-hydrogen) atoms. The molecule has 1 aliphatic heterocycles. The van der Waals surface area contributed by atoms with E-state index in [9.17, 15) is 18.0 Å². The van der Waals surface area contributed by atoms with Crippen LogP contribution < -0.4 is 10.1 Å². The van der Waals surface area contributed by atoms with E-state index in [4.69, 9.17) is 4.74 Å². The molecule has 0 unspecified atom stereocenters. The highest BCUT2D eigenvalue weighted by molar-refractivity contribution is 6.05. The smallest absolute Gasteiger partial charge is 0.416 e. The number of rotatable bonds is 2. The number of hydrogen-bond acceptors (Lipinski definition) is 4. The van der Waals surface area contributed by atoms with Crippen molar-refractivity contribution < 1.29 is 22.7 Å².